The van der Waals surface area contributed by atoms with Gasteiger partial charge in [-0.05, 0) is 18.6 Å². The molecular formula is C17H17NO2. The van der Waals surface area contributed by atoms with Gasteiger partial charge in [-0.15, -0.1) is 0 Å². The molecule has 2 aromatic rings. The SMILES string of the molecule is c1ccc2c(c1)Oc1ccccc1C2NC1CCOC1. The van der Waals surface area contributed by atoms with Crippen molar-refractivity contribution in [3.05, 3.63) is 59.7 Å². The number of rotatable bonds is 2. The first-order valence-electron chi connectivity index (χ1n) is 7.11. The van der Waals surface area contributed by atoms with Crippen LogP contribution in [0.4, 0.5) is 0 Å². The highest BCUT2D eigenvalue weighted by Crippen LogP contribution is 2.42. The molecule has 20 heavy (non-hydrogen) atoms. The van der Waals surface area contributed by atoms with Crippen LogP contribution >= 0.6 is 0 Å². The summed E-state index contributed by atoms with van der Waals surface area (Å²) in [5.41, 5.74) is 2.41. The van der Waals surface area contributed by atoms with Gasteiger partial charge in [-0.1, -0.05) is 36.4 Å². The lowest BCUT2D eigenvalue weighted by atomic mass is 9.94. The molecule has 1 fully saturated rings. The van der Waals surface area contributed by atoms with Crippen LogP contribution in [0.1, 0.15) is 23.6 Å². The van der Waals surface area contributed by atoms with E-state index < -0.39 is 0 Å². The average Bonchev–Trinajstić information content (AvgIpc) is 3.00. The Hall–Kier alpha value is -1.84. The van der Waals surface area contributed by atoms with Crippen LogP contribution in [-0.2, 0) is 4.74 Å². The van der Waals surface area contributed by atoms with Crippen LogP contribution in [0.15, 0.2) is 48.5 Å². The van der Waals surface area contributed by atoms with E-state index in [1.807, 2.05) is 24.3 Å². The van der Waals surface area contributed by atoms with E-state index in [-0.39, 0.29) is 6.04 Å². The van der Waals surface area contributed by atoms with Crippen molar-refractivity contribution < 1.29 is 9.47 Å². The highest BCUT2D eigenvalue weighted by Gasteiger charge is 2.29. The molecule has 0 spiro atoms. The van der Waals surface area contributed by atoms with Gasteiger partial charge in [-0.3, -0.25) is 0 Å². The van der Waals surface area contributed by atoms with E-state index >= 15 is 0 Å². The Bertz CT molecular complexity index is 574. The molecule has 3 heteroatoms. The van der Waals surface area contributed by atoms with E-state index in [4.69, 9.17) is 9.47 Å². The topological polar surface area (TPSA) is 30.5 Å². The normalized spacial score (nSPS) is 21.1. The second kappa shape index (κ2) is 4.93. The lowest BCUT2D eigenvalue weighted by Crippen LogP contribution is -2.35. The predicted molar refractivity (Wildman–Crippen MR) is 77.2 cm³/mol. The first-order valence-corrected chi connectivity index (χ1v) is 7.11. The van der Waals surface area contributed by atoms with E-state index in [9.17, 15) is 0 Å². The summed E-state index contributed by atoms with van der Waals surface area (Å²) in [5, 5.41) is 3.73. The zero-order valence-corrected chi connectivity index (χ0v) is 11.2. The van der Waals surface area contributed by atoms with Gasteiger partial charge < -0.3 is 14.8 Å². The fourth-order valence-electron chi connectivity index (χ4n) is 2.99. The van der Waals surface area contributed by atoms with Gasteiger partial charge in [0.25, 0.3) is 0 Å². The monoisotopic (exact) mass is 267 g/mol. The molecule has 4 rings (SSSR count). The molecule has 0 bridgehead atoms. The molecule has 1 atom stereocenters. The number of para-hydroxylation sites is 2. The minimum absolute atomic E-state index is 0.183. The molecular weight excluding hydrogens is 250 g/mol. The maximum absolute atomic E-state index is 6.00. The number of nitrogens with one attached hydrogen (secondary N) is 1. The number of ether oxygens (including phenoxy) is 2. The molecule has 2 aliphatic rings. The fourth-order valence-corrected chi connectivity index (χ4v) is 2.99. The smallest absolute Gasteiger partial charge is 0.132 e. The molecule has 1 N–H and O–H groups in total. The number of hydrogen-bond donors (Lipinski definition) is 1. The first-order chi connectivity index (χ1) is 9.92. The Morgan fingerprint density at radius 1 is 0.900 bits per heavy atom. The minimum atomic E-state index is 0.183. The van der Waals surface area contributed by atoms with E-state index in [0.717, 1.165) is 31.1 Å². The molecule has 0 radical (unpaired) electrons. The highest BCUT2D eigenvalue weighted by atomic mass is 16.5. The van der Waals surface area contributed by atoms with Gasteiger partial charge in [-0.2, -0.15) is 0 Å². The summed E-state index contributed by atoms with van der Waals surface area (Å²) in [4.78, 5) is 0. The summed E-state index contributed by atoms with van der Waals surface area (Å²) in [6.07, 6.45) is 1.07. The van der Waals surface area contributed by atoms with Crippen LogP contribution in [0.2, 0.25) is 0 Å². The predicted octanol–water partition coefficient (Wildman–Crippen LogP) is 3.26. The summed E-state index contributed by atoms with van der Waals surface area (Å²) < 4.78 is 11.5. The molecule has 0 amide bonds. The van der Waals surface area contributed by atoms with Crippen molar-refractivity contribution in [2.45, 2.75) is 18.5 Å². The Kier molecular flexibility index (Phi) is 2.94. The summed E-state index contributed by atoms with van der Waals surface area (Å²) >= 11 is 0. The molecule has 3 nitrogen and oxygen atoms in total. The van der Waals surface area contributed by atoms with Crippen LogP contribution in [0.5, 0.6) is 11.5 Å². The van der Waals surface area contributed by atoms with E-state index in [1.165, 1.54) is 11.1 Å². The maximum Gasteiger partial charge on any atom is 0.132 e. The Morgan fingerprint density at radius 3 is 2.15 bits per heavy atom. The Morgan fingerprint density at radius 2 is 1.55 bits per heavy atom. The molecule has 2 heterocycles. The lowest BCUT2D eigenvalue weighted by Gasteiger charge is -2.30. The number of fused-ring (bicyclic) bond motifs is 2. The van der Waals surface area contributed by atoms with Crippen LogP contribution in [0, 0.1) is 0 Å². The van der Waals surface area contributed by atoms with Crippen LogP contribution in [0.3, 0.4) is 0 Å². The maximum atomic E-state index is 6.00. The number of hydrogen-bond acceptors (Lipinski definition) is 3. The van der Waals surface area contributed by atoms with Crippen molar-refractivity contribution in [1.29, 1.82) is 0 Å². The third-order valence-corrected chi connectivity index (χ3v) is 4.01. The third kappa shape index (κ3) is 1.99. The largest absolute Gasteiger partial charge is 0.457 e. The Balaban J connectivity index is 1.75. The van der Waals surface area contributed by atoms with Crippen molar-refractivity contribution in [3.8, 4) is 11.5 Å². The minimum Gasteiger partial charge on any atom is -0.457 e. The summed E-state index contributed by atoms with van der Waals surface area (Å²) in [5.74, 6) is 1.89. The van der Waals surface area contributed by atoms with Crippen LogP contribution in [0.25, 0.3) is 0 Å². The fraction of sp³-hybridized carbons (Fsp3) is 0.294. The van der Waals surface area contributed by atoms with Crippen LogP contribution in [-0.4, -0.2) is 19.3 Å². The van der Waals surface area contributed by atoms with Crippen molar-refractivity contribution in [3.63, 3.8) is 0 Å². The van der Waals surface area contributed by atoms with E-state index in [2.05, 4.69) is 29.6 Å². The van der Waals surface area contributed by atoms with Crippen molar-refractivity contribution in [2.75, 3.05) is 13.2 Å². The molecule has 0 aromatic heterocycles. The van der Waals surface area contributed by atoms with Gasteiger partial charge in [0, 0.05) is 23.8 Å². The zero-order valence-electron chi connectivity index (χ0n) is 11.2. The third-order valence-electron chi connectivity index (χ3n) is 4.01. The molecule has 0 saturated carbocycles. The van der Waals surface area contributed by atoms with Crippen molar-refractivity contribution >= 4 is 0 Å². The molecule has 1 saturated heterocycles. The second-order valence-corrected chi connectivity index (χ2v) is 5.34. The zero-order chi connectivity index (χ0) is 13.4. The highest BCUT2D eigenvalue weighted by molar-refractivity contribution is 5.52. The van der Waals surface area contributed by atoms with Crippen molar-refractivity contribution in [2.24, 2.45) is 0 Å². The van der Waals surface area contributed by atoms with Crippen LogP contribution < -0.4 is 10.1 Å². The summed E-state index contributed by atoms with van der Waals surface area (Å²) in [6, 6.07) is 17.1. The van der Waals surface area contributed by atoms with Gasteiger partial charge in [0.15, 0.2) is 0 Å². The Labute approximate surface area is 118 Å². The van der Waals surface area contributed by atoms with E-state index in [0.29, 0.717) is 6.04 Å². The van der Waals surface area contributed by atoms with Gasteiger partial charge in [0.05, 0.1) is 12.6 Å². The summed E-state index contributed by atoms with van der Waals surface area (Å²) in [7, 11) is 0. The van der Waals surface area contributed by atoms with E-state index in [1.54, 1.807) is 0 Å². The lowest BCUT2D eigenvalue weighted by molar-refractivity contribution is 0.188. The average molecular weight is 267 g/mol. The van der Waals surface area contributed by atoms with Gasteiger partial charge in [0.1, 0.15) is 11.5 Å². The second-order valence-electron chi connectivity index (χ2n) is 5.34. The number of benzene rings is 2. The first kappa shape index (κ1) is 11.9. The molecule has 2 aliphatic heterocycles. The molecule has 102 valence electrons. The molecule has 0 aliphatic carbocycles. The van der Waals surface area contributed by atoms with Gasteiger partial charge in [-0.25, -0.2) is 0 Å². The standard InChI is InChI=1S/C17H17NO2/c1-3-7-15-13(5-1)17(18-12-9-10-19-11-12)14-6-2-4-8-16(14)20-15/h1-8,12,17-18H,9-11H2. The molecule has 2 aromatic carbocycles. The van der Waals surface area contributed by atoms with Gasteiger partial charge >= 0.3 is 0 Å². The summed E-state index contributed by atoms with van der Waals surface area (Å²) in [6.45, 7) is 1.64. The quantitative estimate of drug-likeness (QED) is 0.906. The van der Waals surface area contributed by atoms with Crippen molar-refractivity contribution in [1.82, 2.24) is 5.32 Å². The van der Waals surface area contributed by atoms with Gasteiger partial charge in [0.2, 0.25) is 0 Å². The molecule has 1 unspecified atom stereocenters.